The molecule has 0 spiro atoms. The quantitative estimate of drug-likeness (QED) is 0.587. The van der Waals surface area contributed by atoms with Gasteiger partial charge in [0.05, 0.1) is 11.9 Å². The van der Waals surface area contributed by atoms with E-state index in [4.69, 9.17) is 4.18 Å². The van der Waals surface area contributed by atoms with Gasteiger partial charge in [-0.15, -0.1) is 0 Å². The van der Waals surface area contributed by atoms with Gasteiger partial charge >= 0.3 is 0 Å². The summed E-state index contributed by atoms with van der Waals surface area (Å²) < 4.78 is 15.8. The molecule has 10 heavy (non-hydrogen) atoms. The van der Waals surface area contributed by atoms with Crippen molar-refractivity contribution < 1.29 is 8.39 Å². The van der Waals surface area contributed by atoms with Crippen LogP contribution in [0.15, 0.2) is 12.2 Å². The second-order valence-electron chi connectivity index (χ2n) is 2.18. The molecule has 0 rings (SSSR count). The van der Waals surface area contributed by atoms with Crippen molar-refractivity contribution in [1.29, 1.82) is 0 Å². The Balaban J connectivity index is 3.44. The molecule has 60 valence electrons. The van der Waals surface area contributed by atoms with E-state index in [2.05, 4.69) is 0 Å². The smallest absolute Gasteiger partial charge is 0.159 e. The summed E-state index contributed by atoms with van der Waals surface area (Å²) in [6, 6.07) is 0. The van der Waals surface area contributed by atoms with Gasteiger partial charge in [0.1, 0.15) is 0 Å². The van der Waals surface area contributed by atoms with Gasteiger partial charge in [-0.1, -0.05) is 12.2 Å². The van der Waals surface area contributed by atoms with Crippen LogP contribution in [0.25, 0.3) is 0 Å². The van der Waals surface area contributed by atoms with Crippen molar-refractivity contribution in [2.75, 3.05) is 5.75 Å². The number of hydrogen-bond acceptors (Lipinski definition) is 2. The van der Waals surface area contributed by atoms with Crippen LogP contribution < -0.4 is 0 Å². The fourth-order valence-electron chi connectivity index (χ4n) is 0.429. The largest absolute Gasteiger partial charge is 0.288 e. The van der Waals surface area contributed by atoms with Gasteiger partial charge in [0, 0.05) is 0 Å². The third-order valence-electron chi connectivity index (χ3n) is 0.768. The Morgan fingerprint density at radius 2 is 2.20 bits per heavy atom. The average molecular weight is 162 g/mol. The summed E-state index contributed by atoms with van der Waals surface area (Å²) in [6.07, 6.45) is 3.74. The second kappa shape index (κ2) is 5.62. The van der Waals surface area contributed by atoms with Crippen LogP contribution >= 0.6 is 0 Å². The lowest BCUT2D eigenvalue weighted by molar-refractivity contribution is 0.271. The zero-order chi connectivity index (χ0) is 7.98. The van der Waals surface area contributed by atoms with Crippen molar-refractivity contribution in [3.05, 3.63) is 12.2 Å². The predicted octanol–water partition coefficient (Wildman–Crippen LogP) is 1.65. The van der Waals surface area contributed by atoms with Crippen LogP contribution in [0.3, 0.4) is 0 Å². The summed E-state index contributed by atoms with van der Waals surface area (Å²) in [5, 5.41) is 0. The second-order valence-corrected chi connectivity index (χ2v) is 3.32. The van der Waals surface area contributed by atoms with E-state index in [1.165, 1.54) is 0 Å². The maximum atomic E-state index is 10.9. The van der Waals surface area contributed by atoms with Crippen molar-refractivity contribution in [2.45, 2.75) is 26.9 Å². The molecule has 0 aliphatic rings. The molecule has 1 atom stereocenters. The predicted molar refractivity (Wildman–Crippen MR) is 44.0 cm³/mol. The summed E-state index contributed by atoms with van der Waals surface area (Å²) in [7, 11) is 0. The molecule has 2 nitrogen and oxygen atoms in total. The lowest BCUT2D eigenvalue weighted by atomic mass is 10.5. The van der Waals surface area contributed by atoms with E-state index in [0.717, 1.165) is 0 Å². The summed E-state index contributed by atoms with van der Waals surface area (Å²) in [5.41, 5.74) is 0. The Labute approximate surface area is 64.9 Å². The van der Waals surface area contributed by atoms with E-state index in [1.54, 1.807) is 0 Å². The van der Waals surface area contributed by atoms with Gasteiger partial charge in [-0.25, -0.2) is 4.21 Å². The van der Waals surface area contributed by atoms with Crippen LogP contribution in [0.5, 0.6) is 0 Å². The van der Waals surface area contributed by atoms with Gasteiger partial charge in [-0.05, 0) is 20.8 Å². The van der Waals surface area contributed by atoms with Crippen LogP contribution in [0.4, 0.5) is 0 Å². The van der Waals surface area contributed by atoms with Crippen LogP contribution in [0.2, 0.25) is 0 Å². The fraction of sp³-hybridized carbons (Fsp3) is 0.714. The number of hydrogen-bond donors (Lipinski definition) is 0. The highest BCUT2D eigenvalue weighted by atomic mass is 32.2. The minimum Gasteiger partial charge on any atom is -0.288 e. The Kier molecular flexibility index (Phi) is 5.54. The molecule has 0 amide bonds. The molecule has 0 aliphatic heterocycles. The molecule has 0 aromatic carbocycles. The average Bonchev–Trinajstić information content (AvgIpc) is 1.82. The maximum Gasteiger partial charge on any atom is 0.159 e. The first-order valence-electron chi connectivity index (χ1n) is 3.33. The van der Waals surface area contributed by atoms with Gasteiger partial charge < -0.3 is 0 Å². The molecule has 0 heterocycles. The molecule has 0 bridgehead atoms. The molecule has 3 heteroatoms. The van der Waals surface area contributed by atoms with Crippen molar-refractivity contribution in [1.82, 2.24) is 0 Å². The summed E-state index contributed by atoms with van der Waals surface area (Å²) in [4.78, 5) is 0. The van der Waals surface area contributed by atoms with Crippen LogP contribution in [0.1, 0.15) is 20.8 Å². The highest BCUT2D eigenvalue weighted by molar-refractivity contribution is 7.80. The van der Waals surface area contributed by atoms with Gasteiger partial charge in [0.25, 0.3) is 0 Å². The molecule has 0 saturated carbocycles. The molecule has 0 aromatic rings. The number of rotatable bonds is 4. The topological polar surface area (TPSA) is 26.3 Å². The Morgan fingerprint density at radius 1 is 1.60 bits per heavy atom. The molecule has 0 aromatic heterocycles. The normalized spacial score (nSPS) is 14.8. The lowest BCUT2D eigenvalue weighted by Crippen LogP contribution is -2.07. The van der Waals surface area contributed by atoms with Crippen molar-refractivity contribution in [3.8, 4) is 0 Å². The standard InChI is InChI=1S/C7H14O2S/c1-4-5-6-10(8)9-7(2)3/h4-5,7H,6H2,1-3H3/b5-4+. The summed E-state index contributed by atoms with van der Waals surface area (Å²) in [6.45, 7) is 5.63. The van der Waals surface area contributed by atoms with Crippen molar-refractivity contribution in [2.24, 2.45) is 0 Å². The molecule has 0 N–H and O–H groups in total. The highest BCUT2D eigenvalue weighted by Crippen LogP contribution is 1.93. The third kappa shape index (κ3) is 5.98. The number of allylic oxidation sites excluding steroid dienone is 1. The third-order valence-corrected chi connectivity index (χ3v) is 1.83. The van der Waals surface area contributed by atoms with E-state index in [-0.39, 0.29) is 6.10 Å². The van der Waals surface area contributed by atoms with Gasteiger partial charge in [-0.3, -0.25) is 4.18 Å². The molecular formula is C7H14O2S. The molecule has 0 radical (unpaired) electrons. The molecular weight excluding hydrogens is 148 g/mol. The lowest BCUT2D eigenvalue weighted by Gasteiger charge is -2.02. The molecule has 0 aliphatic carbocycles. The Bertz CT molecular complexity index is 130. The van der Waals surface area contributed by atoms with Gasteiger partial charge in [0.15, 0.2) is 11.1 Å². The first-order chi connectivity index (χ1) is 4.66. The van der Waals surface area contributed by atoms with E-state index in [9.17, 15) is 4.21 Å². The van der Waals surface area contributed by atoms with E-state index in [0.29, 0.717) is 5.75 Å². The fourth-order valence-corrected chi connectivity index (χ4v) is 1.29. The Hall–Kier alpha value is -0.150. The molecule has 1 unspecified atom stereocenters. The molecule has 0 fully saturated rings. The maximum absolute atomic E-state index is 10.9. The van der Waals surface area contributed by atoms with Gasteiger partial charge in [0.2, 0.25) is 0 Å². The van der Waals surface area contributed by atoms with Crippen molar-refractivity contribution >= 4 is 11.1 Å². The zero-order valence-corrected chi connectivity index (χ0v) is 7.48. The minimum absolute atomic E-state index is 0.0473. The van der Waals surface area contributed by atoms with Crippen LogP contribution in [0, 0.1) is 0 Å². The van der Waals surface area contributed by atoms with Crippen molar-refractivity contribution in [3.63, 3.8) is 0 Å². The summed E-state index contributed by atoms with van der Waals surface area (Å²) in [5.74, 6) is 0.495. The minimum atomic E-state index is -1.14. The monoisotopic (exact) mass is 162 g/mol. The van der Waals surface area contributed by atoms with E-state index < -0.39 is 11.1 Å². The van der Waals surface area contributed by atoms with Gasteiger partial charge in [-0.2, -0.15) is 0 Å². The van der Waals surface area contributed by atoms with Crippen LogP contribution in [-0.4, -0.2) is 16.1 Å². The highest BCUT2D eigenvalue weighted by Gasteiger charge is 1.98. The van der Waals surface area contributed by atoms with Crippen LogP contribution in [-0.2, 0) is 15.3 Å². The SMILES string of the molecule is C/C=C/CS(=O)OC(C)C. The summed E-state index contributed by atoms with van der Waals surface area (Å²) >= 11 is -1.14. The first kappa shape index (κ1) is 9.85. The molecule has 0 saturated heterocycles. The van der Waals surface area contributed by atoms with E-state index >= 15 is 0 Å². The Morgan fingerprint density at radius 3 is 2.60 bits per heavy atom. The van der Waals surface area contributed by atoms with E-state index in [1.807, 2.05) is 32.9 Å². The zero-order valence-electron chi connectivity index (χ0n) is 6.66. The first-order valence-corrected chi connectivity index (χ1v) is 4.58.